The number of carbonyl (C=O) groups excluding carboxylic acids is 1. The van der Waals surface area contributed by atoms with Crippen molar-refractivity contribution >= 4 is 28.7 Å². The summed E-state index contributed by atoms with van der Waals surface area (Å²) in [5, 5.41) is 0. The van der Waals surface area contributed by atoms with Crippen molar-refractivity contribution in [1.82, 2.24) is 14.5 Å². The predicted molar refractivity (Wildman–Crippen MR) is 117 cm³/mol. The third kappa shape index (κ3) is 3.92. The molecule has 0 atom stereocenters. The van der Waals surface area contributed by atoms with E-state index in [-0.39, 0.29) is 11.7 Å². The van der Waals surface area contributed by atoms with Gasteiger partial charge >= 0.3 is 6.03 Å². The van der Waals surface area contributed by atoms with Crippen LogP contribution in [-0.2, 0) is 7.05 Å². The molecule has 2 aromatic heterocycles. The first kappa shape index (κ1) is 20.3. The van der Waals surface area contributed by atoms with E-state index in [1.807, 2.05) is 26.0 Å². The average molecular weight is 419 g/mol. The zero-order valence-corrected chi connectivity index (χ0v) is 17.4. The van der Waals surface area contributed by atoms with Crippen LogP contribution in [0.4, 0.5) is 20.8 Å². The van der Waals surface area contributed by atoms with E-state index in [1.54, 1.807) is 48.3 Å². The van der Waals surface area contributed by atoms with Crippen LogP contribution in [0.25, 0.3) is 11.0 Å². The van der Waals surface area contributed by atoms with Crippen LogP contribution in [0.5, 0.6) is 11.5 Å². The number of imidazole rings is 1. The molecule has 0 fully saturated rings. The second kappa shape index (κ2) is 8.06. The number of carbonyl (C=O) groups is 1. The van der Waals surface area contributed by atoms with E-state index in [1.165, 1.54) is 17.0 Å². The summed E-state index contributed by atoms with van der Waals surface area (Å²) in [6, 6.07) is 12.7. The first-order chi connectivity index (χ1) is 14.8. The molecule has 0 saturated carbocycles. The average Bonchev–Trinajstić information content (AvgIpc) is 3.05. The molecule has 8 heteroatoms. The van der Waals surface area contributed by atoms with Crippen LogP contribution in [-0.4, -0.2) is 20.6 Å². The fourth-order valence-electron chi connectivity index (χ4n) is 3.43. The molecular formula is C23H22FN5O2. The van der Waals surface area contributed by atoms with Gasteiger partial charge in [0, 0.05) is 25.5 Å². The summed E-state index contributed by atoms with van der Waals surface area (Å²) in [6.45, 7) is 3.77. The van der Waals surface area contributed by atoms with Gasteiger partial charge in [-0.15, -0.1) is 0 Å². The summed E-state index contributed by atoms with van der Waals surface area (Å²) in [4.78, 5) is 22.2. The maximum atomic E-state index is 14.2. The highest BCUT2D eigenvalue weighted by atomic mass is 19.1. The molecule has 0 unspecified atom stereocenters. The van der Waals surface area contributed by atoms with Crippen LogP contribution in [0.1, 0.15) is 25.3 Å². The van der Waals surface area contributed by atoms with Gasteiger partial charge in [-0.1, -0.05) is 13.8 Å². The van der Waals surface area contributed by atoms with E-state index in [0.29, 0.717) is 34.2 Å². The van der Waals surface area contributed by atoms with Crippen LogP contribution in [0.3, 0.4) is 0 Å². The Morgan fingerprint density at radius 2 is 1.84 bits per heavy atom. The van der Waals surface area contributed by atoms with Crippen LogP contribution in [0.15, 0.2) is 60.9 Å². The Morgan fingerprint density at radius 1 is 1.10 bits per heavy atom. The van der Waals surface area contributed by atoms with Crippen molar-refractivity contribution in [3.05, 3.63) is 72.3 Å². The molecule has 0 bridgehead atoms. The van der Waals surface area contributed by atoms with Crippen molar-refractivity contribution < 1.29 is 13.9 Å². The fourth-order valence-corrected chi connectivity index (χ4v) is 3.43. The molecule has 2 aromatic carbocycles. The van der Waals surface area contributed by atoms with Crippen LogP contribution in [0.2, 0.25) is 0 Å². The van der Waals surface area contributed by atoms with Crippen molar-refractivity contribution in [1.29, 1.82) is 0 Å². The number of nitrogens with two attached hydrogens (primary N) is 1. The normalized spacial score (nSPS) is 11.1. The van der Waals surface area contributed by atoms with E-state index >= 15 is 0 Å². The van der Waals surface area contributed by atoms with Gasteiger partial charge in [0.15, 0.2) is 0 Å². The topological polar surface area (TPSA) is 86.3 Å². The van der Waals surface area contributed by atoms with Gasteiger partial charge in [0.25, 0.3) is 0 Å². The lowest BCUT2D eigenvalue weighted by atomic mass is 10.0. The number of primary amides is 1. The van der Waals surface area contributed by atoms with Crippen LogP contribution < -0.4 is 15.4 Å². The predicted octanol–water partition coefficient (Wildman–Crippen LogP) is 5.24. The molecule has 0 saturated heterocycles. The Kier molecular flexibility index (Phi) is 5.29. The zero-order chi connectivity index (χ0) is 22.1. The number of nitrogens with zero attached hydrogens (tertiary/aromatic N) is 4. The molecular weight excluding hydrogens is 397 g/mol. The highest BCUT2D eigenvalue weighted by Crippen LogP contribution is 2.32. The van der Waals surface area contributed by atoms with Gasteiger partial charge < -0.3 is 15.0 Å². The largest absolute Gasteiger partial charge is 0.457 e. The number of urea groups is 1. The fraction of sp³-hybridized carbons (Fsp3) is 0.174. The van der Waals surface area contributed by atoms with E-state index in [0.717, 1.165) is 5.52 Å². The molecule has 0 aliphatic heterocycles. The van der Waals surface area contributed by atoms with Gasteiger partial charge in [-0.2, -0.15) is 0 Å². The van der Waals surface area contributed by atoms with E-state index in [4.69, 9.17) is 10.5 Å². The number of aromatic nitrogens is 3. The standard InChI is InChI=1S/C23H22FN5O2/c1-14(2)18-12-15(4-6-19(18)24)29(22(25)30)23-27-20-13-17(5-7-21(20)28(23)3)31-16-8-10-26-11-9-16/h4-14H,1-3H3,(H2,25,30). The lowest BCUT2D eigenvalue weighted by Gasteiger charge is -2.21. The van der Waals surface area contributed by atoms with E-state index < -0.39 is 6.03 Å². The molecule has 7 nitrogen and oxygen atoms in total. The van der Waals surface area contributed by atoms with Gasteiger partial charge in [0.1, 0.15) is 17.3 Å². The van der Waals surface area contributed by atoms with Crippen molar-refractivity contribution in [2.45, 2.75) is 19.8 Å². The van der Waals surface area contributed by atoms with Crippen LogP contribution in [0, 0.1) is 5.82 Å². The second-order valence-corrected chi connectivity index (χ2v) is 7.44. The summed E-state index contributed by atoms with van der Waals surface area (Å²) in [5.41, 5.74) is 8.05. The quantitative estimate of drug-likeness (QED) is 0.479. The Morgan fingerprint density at radius 3 is 2.52 bits per heavy atom. The zero-order valence-electron chi connectivity index (χ0n) is 17.4. The molecule has 4 rings (SSSR count). The number of amides is 2. The maximum Gasteiger partial charge on any atom is 0.326 e. The number of benzene rings is 2. The minimum atomic E-state index is -0.715. The third-order valence-electron chi connectivity index (χ3n) is 4.99. The molecule has 158 valence electrons. The van der Waals surface area contributed by atoms with Crippen molar-refractivity contribution in [3.63, 3.8) is 0 Å². The number of fused-ring (bicyclic) bond motifs is 1. The lowest BCUT2D eigenvalue weighted by molar-refractivity contribution is 0.255. The molecule has 0 spiro atoms. The van der Waals surface area contributed by atoms with Crippen molar-refractivity contribution in [3.8, 4) is 11.5 Å². The summed E-state index contributed by atoms with van der Waals surface area (Å²) < 4.78 is 21.8. The number of rotatable bonds is 5. The highest BCUT2D eigenvalue weighted by Gasteiger charge is 2.23. The van der Waals surface area contributed by atoms with Crippen molar-refractivity contribution in [2.75, 3.05) is 4.90 Å². The molecule has 0 aliphatic rings. The smallest absolute Gasteiger partial charge is 0.326 e. The summed E-state index contributed by atoms with van der Waals surface area (Å²) in [7, 11) is 1.79. The van der Waals surface area contributed by atoms with E-state index in [2.05, 4.69) is 9.97 Å². The molecule has 0 radical (unpaired) electrons. The summed E-state index contributed by atoms with van der Waals surface area (Å²) in [6.07, 6.45) is 3.29. The van der Waals surface area contributed by atoms with Crippen LogP contribution >= 0.6 is 0 Å². The van der Waals surface area contributed by atoms with Gasteiger partial charge in [-0.25, -0.2) is 19.1 Å². The Bertz CT molecular complexity index is 1250. The summed E-state index contributed by atoms with van der Waals surface area (Å²) in [5.74, 6) is 1.19. The molecule has 2 amide bonds. The first-order valence-electron chi connectivity index (χ1n) is 9.78. The van der Waals surface area contributed by atoms with Gasteiger partial charge in [-0.3, -0.25) is 4.98 Å². The number of hydrogen-bond donors (Lipinski definition) is 1. The minimum absolute atomic E-state index is 0.0528. The molecule has 2 N–H and O–H groups in total. The Balaban J connectivity index is 1.77. The first-order valence-corrected chi connectivity index (χ1v) is 9.78. The van der Waals surface area contributed by atoms with Gasteiger partial charge in [-0.05, 0) is 53.9 Å². The number of aryl methyl sites for hydroxylation is 1. The minimum Gasteiger partial charge on any atom is -0.457 e. The number of halogens is 1. The molecule has 2 heterocycles. The highest BCUT2D eigenvalue weighted by molar-refractivity contribution is 5.98. The number of ether oxygens (including phenoxy) is 1. The Labute approximate surface area is 178 Å². The second-order valence-electron chi connectivity index (χ2n) is 7.44. The SMILES string of the molecule is CC(C)c1cc(N(C(N)=O)c2nc3cc(Oc4ccncc4)ccc3n2C)ccc1F. The van der Waals surface area contributed by atoms with E-state index in [9.17, 15) is 9.18 Å². The number of hydrogen-bond acceptors (Lipinski definition) is 4. The van der Waals surface area contributed by atoms with Crippen molar-refractivity contribution in [2.24, 2.45) is 12.8 Å². The molecule has 31 heavy (non-hydrogen) atoms. The molecule has 4 aromatic rings. The number of anilines is 2. The lowest BCUT2D eigenvalue weighted by Crippen LogP contribution is -2.33. The monoisotopic (exact) mass is 419 g/mol. The van der Waals surface area contributed by atoms with Gasteiger partial charge in [0.05, 0.1) is 16.7 Å². The third-order valence-corrected chi connectivity index (χ3v) is 4.99. The number of pyridine rings is 1. The molecule has 0 aliphatic carbocycles. The summed E-state index contributed by atoms with van der Waals surface area (Å²) >= 11 is 0. The maximum absolute atomic E-state index is 14.2. The van der Waals surface area contributed by atoms with Gasteiger partial charge in [0.2, 0.25) is 5.95 Å². The Hall–Kier alpha value is -3.94.